The van der Waals surface area contributed by atoms with E-state index in [1.807, 2.05) is 18.2 Å². The van der Waals surface area contributed by atoms with Crippen LogP contribution in [0.4, 0.5) is 4.79 Å². The monoisotopic (exact) mass is 311 g/mol. The maximum atomic E-state index is 11.1. The van der Waals surface area contributed by atoms with Crippen molar-refractivity contribution in [3.05, 3.63) is 48.2 Å². The van der Waals surface area contributed by atoms with Crippen molar-refractivity contribution in [3.63, 3.8) is 0 Å². The van der Waals surface area contributed by atoms with Gasteiger partial charge in [-0.2, -0.15) is 10.1 Å². The quantitative estimate of drug-likeness (QED) is 0.777. The summed E-state index contributed by atoms with van der Waals surface area (Å²) >= 11 is 0. The number of hydrogen-bond acceptors (Lipinski definition) is 5. The SMILES string of the molecule is O=C(O)N1CCc2ncc(Oc3ncnn4cccc34)cc2C1. The highest BCUT2D eigenvalue weighted by atomic mass is 16.5. The van der Waals surface area contributed by atoms with Crippen molar-refractivity contribution in [1.82, 2.24) is 24.5 Å². The molecule has 8 nitrogen and oxygen atoms in total. The van der Waals surface area contributed by atoms with Crippen molar-refractivity contribution in [3.8, 4) is 11.6 Å². The van der Waals surface area contributed by atoms with Gasteiger partial charge in [-0.1, -0.05) is 0 Å². The maximum Gasteiger partial charge on any atom is 0.407 e. The van der Waals surface area contributed by atoms with E-state index in [0.717, 1.165) is 16.8 Å². The van der Waals surface area contributed by atoms with Crippen LogP contribution < -0.4 is 4.74 Å². The van der Waals surface area contributed by atoms with Crippen molar-refractivity contribution >= 4 is 11.6 Å². The molecule has 4 rings (SSSR count). The minimum absolute atomic E-state index is 0.319. The van der Waals surface area contributed by atoms with Gasteiger partial charge in [0.05, 0.1) is 12.7 Å². The molecule has 0 atom stereocenters. The molecule has 1 aliphatic heterocycles. The predicted molar refractivity (Wildman–Crippen MR) is 79.4 cm³/mol. The molecule has 0 aromatic carbocycles. The van der Waals surface area contributed by atoms with Crippen LogP contribution in [0.1, 0.15) is 11.3 Å². The third kappa shape index (κ3) is 2.44. The smallest absolute Gasteiger partial charge is 0.407 e. The summed E-state index contributed by atoms with van der Waals surface area (Å²) in [7, 11) is 0. The lowest BCUT2D eigenvalue weighted by Gasteiger charge is -2.25. The fourth-order valence-corrected chi connectivity index (χ4v) is 2.66. The van der Waals surface area contributed by atoms with Crippen LogP contribution in [0.3, 0.4) is 0 Å². The van der Waals surface area contributed by atoms with Gasteiger partial charge in [0.1, 0.15) is 17.6 Å². The van der Waals surface area contributed by atoms with Gasteiger partial charge in [0.15, 0.2) is 0 Å². The average Bonchev–Trinajstić information content (AvgIpc) is 3.04. The number of ether oxygens (including phenoxy) is 1. The molecule has 0 bridgehead atoms. The first-order chi connectivity index (χ1) is 11.2. The third-order valence-electron chi connectivity index (χ3n) is 3.80. The molecule has 0 saturated heterocycles. The molecule has 0 spiro atoms. The first-order valence-corrected chi connectivity index (χ1v) is 7.12. The van der Waals surface area contributed by atoms with Crippen molar-refractivity contribution in [2.75, 3.05) is 6.54 Å². The average molecular weight is 311 g/mol. The van der Waals surface area contributed by atoms with Crippen LogP contribution in [-0.4, -0.2) is 42.2 Å². The van der Waals surface area contributed by atoms with Gasteiger partial charge in [-0.05, 0) is 23.8 Å². The molecule has 3 aromatic rings. The molecule has 0 fully saturated rings. The fourth-order valence-electron chi connectivity index (χ4n) is 2.66. The summed E-state index contributed by atoms with van der Waals surface area (Å²) in [6.45, 7) is 0.783. The van der Waals surface area contributed by atoms with E-state index in [0.29, 0.717) is 31.1 Å². The molecule has 116 valence electrons. The second kappa shape index (κ2) is 5.24. The van der Waals surface area contributed by atoms with Gasteiger partial charge >= 0.3 is 6.09 Å². The normalized spacial score (nSPS) is 13.8. The summed E-state index contributed by atoms with van der Waals surface area (Å²) in [6, 6.07) is 5.53. The second-order valence-corrected chi connectivity index (χ2v) is 5.24. The molecule has 0 radical (unpaired) electrons. The van der Waals surface area contributed by atoms with Gasteiger partial charge in [0, 0.05) is 24.9 Å². The number of amides is 1. The lowest BCUT2D eigenvalue weighted by molar-refractivity contribution is 0.139. The van der Waals surface area contributed by atoms with Crippen molar-refractivity contribution in [2.45, 2.75) is 13.0 Å². The number of nitrogens with zero attached hydrogens (tertiary/aromatic N) is 5. The molecule has 0 aliphatic carbocycles. The number of fused-ring (bicyclic) bond motifs is 2. The van der Waals surface area contributed by atoms with Crippen LogP contribution in [0.2, 0.25) is 0 Å². The zero-order chi connectivity index (χ0) is 15.8. The zero-order valence-electron chi connectivity index (χ0n) is 12.1. The molecule has 23 heavy (non-hydrogen) atoms. The molecule has 1 aliphatic rings. The molecule has 0 unspecified atom stereocenters. The Balaban J connectivity index is 1.64. The van der Waals surface area contributed by atoms with E-state index in [-0.39, 0.29) is 0 Å². The first kappa shape index (κ1) is 13.5. The van der Waals surface area contributed by atoms with E-state index in [1.54, 1.807) is 16.9 Å². The highest BCUT2D eigenvalue weighted by molar-refractivity contribution is 5.65. The minimum atomic E-state index is -0.923. The fraction of sp³-hybridized carbons (Fsp3) is 0.200. The summed E-state index contributed by atoms with van der Waals surface area (Å²) in [5.74, 6) is 0.954. The number of carboxylic acid groups (broad SMARTS) is 1. The molecule has 8 heteroatoms. The van der Waals surface area contributed by atoms with E-state index in [4.69, 9.17) is 9.84 Å². The Kier molecular flexibility index (Phi) is 3.07. The molecule has 1 N–H and O–H groups in total. The summed E-state index contributed by atoms with van der Waals surface area (Å²) in [5, 5.41) is 13.2. The van der Waals surface area contributed by atoms with E-state index >= 15 is 0 Å². The minimum Gasteiger partial charge on any atom is -0.465 e. The van der Waals surface area contributed by atoms with E-state index < -0.39 is 6.09 Å². The maximum absolute atomic E-state index is 11.1. The van der Waals surface area contributed by atoms with Gasteiger partial charge in [0.25, 0.3) is 0 Å². The molecule has 1 amide bonds. The zero-order valence-corrected chi connectivity index (χ0v) is 12.1. The topological polar surface area (TPSA) is 92.8 Å². The van der Waals surface area contributed by atoms with Gasteiger partial charge in [-0.15, -0.1) is 0 Å². The summed E-state index contributed by atoms with van der Waals surface area (Å²) in [5.41, 5.74) is 2.51. The second-order valence-electron chi connectivity index (χ2n) is 5.24. The Labute approximate surface area is 131 Å². The van der Waals surface area contributed by atoms with E-state index in [9.17, 15) is 4.79 Å². The van der Waals surface area contributed by atoms with Gasteiger partial charge in [-0.3, -0.25) is 4.98 Å². The van der Waals surface area contributed by atoms with Crippen LogP contribution in [0.25, 0.3) is 5.52 Å². The lowest BCUT2D eigenvalue weighted by atomic mass is 10.1. The Bertz CT molecular complexity index is 892. The lowest BCUT2D eigenvalue weighted by Crippen LogP contribution is -2.35. The standard InChI is InChI=1S/C15H13N5O3/c21-15(22)19-5-3-12-10(8-19)6-11(7-16-12)23-14-13-2-1-4-20(13)18-9-17-14/h1-2,4,6-7,9H,3,5,8H2,(H,21,22). The van der Waals surface area contributed by atoms with Crippen LogP contribution in [0.15, 0.2) is 36.9 Å². The van der Waals surface area contributed by atoms with Crippen molar-refractivity contribution < 1.29 is 14.6 Å². The molecule has 3 aromatic heterocycles. The molecule has 0 saturated carbocycles. The van der Waals surface area contributed by atoms with Gasteiger partial charge in [0.2, 0.25) is 5.88 Å². The summed E-state index contributed by atoms with van der Waals surface area (Å²) < 4.78 is 7.48. The van der Waals surface area contributed by atoms with Crippen LogP contribution >= 0.6 is 0 Å². The number of carbonyl (C=O) groups is 1. The highest BCUT2D eigenvalue weighted by Gasteiger charge is 2.21. The van der Waals surface area contributed by atoms with E-state index in [1.165, 1.54) is 11.2 Å². The van der Waals surface area contributed by atoms with E-state index in [2.05, 4.69) is 15.1 Å². The highest BCUT2D eigenvalue weighted by Crippen LogP contribution is 2.26. The van der Waals surface area contributed by atoms with Gasteiger partial charge in [-0.25, -0.2) is 9.31 Å². The Hall–Kier alpha value is -3.16. The van der Waals surface area contributed by atoms with Crippen LogP contribution in [-0.2, 0) is 13.0 Å². The number of rotatable bonds is 2. The first-order valence-electron chi connectivity index (χ1n) is 7.12. The largest absolute Gasteiger partial charge is 0.465 e. The molecular weight excluding hydrogens is 298 g/mol. The predicted octanol–water partition coefficient (Wildman–Crippen LogP) is 1.95. The van der Waals surface area contributed by atoms with Gasteiger partial charge < -0.3 is 14.7 Å². The molecule has 4 heterocycles. The third-order valence-corrected chi connectivity index (χ3v) is 3.80. The summed E-state index contributed by atoms with van der Waals surface area (Å²) in [6.07, 6.45) is 4.54. The number of aromatic nitrogens is 4. The summed E-state index contributed by atoms with van der Waals surface area (Å²) in [4.78, 5) is 21.0. The van der Waals surface area contributed by atoms with Crippen LogP contribution in [0.5, 0.6) is 11.6 Å². The number of hydrogen-bond donors (Lipinski definition) is 1. The van der Waals surface area contributed by atoms with Crippen LogP contribution in [0, 0.1) is 0 Å². The Morgan fingerprint density at radius 2 is 2.26 bits per heavy atom. The van der Waals surface area contributed by atoms with Crippen molar-refractivity contribution in [2.24, 2.45) is 0 Å². The Morgan fingerprint density at radius 3 is 3.13 bits per heavy atom. The molecular formula is C15H13N5O3. The van der Waals surface area contributed by atoms with Crippen molar-refractivity contribution in [1.29, 1.82) is 0 Å². The number of pyridine rings is 1. The Morgan fingerprint density at radius 1 is 1.35 bits per heavy atom.